The van der Waals surface area contributed by atoms with Crippen LogP contribution >= 0.6 is 0 Å². The Morgan fingerprint density at radius 3 is 2.84 bits per heavy atom. The Morgan fingerprint density at radius 2 is 2.16 bits per heavy atom. The van der Waals surface area contributed by atoms with E-state index >= 15 is 0 Å². The highest BCUT2D eigenvalue weighted by molar-refractivity contribution is 5.47. The maximum atomic E-state index is 5.41. The van der Waals surface area contributed by atoms with E-state index in [1.165, 1.54) is 6.33 Å². The third-order valence-electron chi connectivity index (χ3n) is 2.52. The number of nitrogens with one attached hydrogen (secondary N) is 1. The molecule has 0 fully saturated rings. The van der Waals surface area contributed by atoms with Crippen LogP contribution in [0.2, 0.25) is 0 Å². The van der Waals surface area contributed by atoms with Crippen molar-refractivity contribution < 1.29 is 9.26 Å². The van der Waals surface area contributed by atoms with Crippen molar-refractivity contribution >= 4 is 5.82 Å². The van der Waals surface area contributed by atoms with Crippen LogP contribution in [0.5, 0.6) is 5.88 Å². The lowest BCUT2D eigenvalue weighted by Gasteiger charge is -2.10. The van der Waals surface area contributed by atoms with E-state index in [2.05, 4.69) is 25.4 Å². The molecule has 7 nitrogen and oxygen atoms in total. The molecule has 1 N–H and O–H groups in total. The van der Waals surface area contributed by atoms with Gasteiger partial charge in [-0.25, -0.2) is 9.97 Å². The molecule has 0 saturated heterocycles. The van der Waals surface area contributed by atoms with E-state index in [0.29, 0.717) is 37.2 Å². The average molecular weight is 263 g/mol. The Balaban J connectivity index is 1.94. The van der Waals surface area contributed by atoms with E-state index in [0.717, 1.165) is 11.4 Å². The third-order valence-corrected chi connectivity index (χ3v) is 2.52. The number of nitrogens with zero attached hydrogens (tertiary/aromatic N) is 4. The van der Waals surface area contributed by atoms with Gasteiger partial charge < -0.3 is 14.6 Å². The zero-order valence-electron chi connectivity index (χ0n) is 11.3. The van der Waals surface area contributed by atoms with Gasteiger partial charge in [-0.1, -0.05) is 5.16 Å². The summed E-state index contributed by atoms with van der Waals surface area (Å²) in [4.78, 5) is 12.4. The van der Waals surface area contributed by atoms with Crippen LogP contribution in [0.15, 0.2) is 10.9 Å². The molecule has 0 saturated carbocycles. The molecule has 0 spiro atoms. The van der Waals surface area contributed by atoms with Crippen LogP contribution < -0.4 is 10.1 Å². The van der Waals surface area contributed by atoms with Crippen molar-refractivity contribution in [2.24, 2.45) is 0 Å². The van der Waals surface area contributed by atoms with Crippen molar-refractivity contribution in [3.8, 4) is 5.88 Å². The van der Waals surface area contributed by atoms with Crippen molar-refractivity contribution in [1.82, 2.24) is 20.1 Å². The lowest BCUT2D eigenvalue weighted by Crippen LogP contribution is -2.09. The molecule has 0 unspecified atom stereocenters. The summed E-state index contributed by atoms with van der Waals surface area (Å²) in [5.41, 5.74) is 0.894. The van der Waals surface area contributed by atoms with Gasteiger partial charge >= 0.3 is 0 Å². The van der Waals surface area contributed by atoms with Gasteiger partial charge in [0.25, 0.3) is 0 Å². The predicted octanol–water partition coefficient (Wildman–Crippen LogP) is 1.53. The predicted molar refractivity (Wildman–Crippen MR) is 69.2 cm³/mol. The molecule has 0 radical (unpaired) electrons. The Morgan fingerprint density at radius 1 is 1.32 bits per heavy atom. The van der Waals surface area contributed by atoms with Crippen LogP contribution in [0, 0.1) is 13.8 Å². The van der Waals surface area contributed by atoms with Crippen molar-refractivity contribution in [3.63, 3.8) is 0 Å². The second-order valence-corrected chi connectivity index (χ2v) is 4.00. The first-order valence-corrected chi connectivity index (χ1v) is 6.18. The first kappa shape index (κ1) is 13.3. The number of anilines is 1. The average Bonchev–Trinajstić information content (AvgIpc) is 2.80. The van der Waals surface area contributed by atoms with Crippen LogP contribution in [0.25, 0.3) is 0 Å². The number of hydrogen-bond acceptors (Lipinski definition) is 7. The highest BCUT2D eigenvalue weighted by Gasteiger charge is 2.08. The van der Waals surface area contributed by atoms with E-state index < -0.39 is 0 Å². The fourth-order valence-corrected chi connectivity index (χ4v) is 1.62. The molecule has 0 aliphatic carbocycles. The van der Waals surface area contributed by atoms with Gasteiger partial charge in [-0.2, -0.15) is 4.98 Å². The number of ether oxygens (including phenoxy) is 1. The van der Waals surface area contributed by atoms with E-state index in [9.17, 15) is 0 Å². The Hall–Kier alpha value is -2.18. The molecular formula is C12H17N5O2. The highest BCUT2D eigenvalue weighted by Crippen LogP contribution is 2.19. The number of aromatic nitrogens is 4. The van der Waals surface area contributed by atoms with Crippen molar-refractivity contribution in [2.75, 3.05) is 18.5 Å². The smallest absolute Gasteiger partial charge is 0.228 e. The topological polar surface area (TPSA) is 86.0 Å². The SMILES string of the molecule is CCOc1ncnc(NCCc2nc(C)no2)c1C. The molecule has 0 aliphatic rings. The lowest BCUT2D eigenvalue weighted by molar-refractivity contribution is 0.324. The highest BCUT2D eigenvalue weighted by atomic mass is 16.5. The maximum Gasteiger partial charge on any atom is 0.228 e. The van der Waals surface area contributed by atoms with Gasteiger partial charge in [-0.15, -0.1) is 0 Å². The molecule has 2 aromatic heterocycles. The lowest BCUT2D eigenvalue weighted by atomic mass is 10.3. The van der Waals surface area contributed by atoms with Gasteiger partial charge in [0.05, 0.1) is 12.2 Å². The summed E-state index contributed by atoms with van der Waals surface area (Å²) in [6.45, 7) is 6.88. The van der Waals surface area contributed by atoms with Gasteiger partial charge in [-0.3, -0.25) is 0 Å². The number of rotatable bonds is 6. The molecule has 102 valence electrons. The first-order valence-electron chi connectivity index (χ1n) is 6.18. The van der Waals surface area contributed by atoms with E-state index in [4.69, 9.17) is 9.26 Å². The van der Waals surface area contributed by atoms with E-state index in [1.54, 1.807) is 6.92 Å². The number of hydrogen-bond donors (Lipinski definition) is 1. The van der Waals surface area contributed by atoms with Crippen molar-refractivity contribution in [2.45, 2.75) is 27.2 Å². The molecule has 0 bridgehead atoms. The second kappa shape index (κ2) is 6.12. The van der Waals surface area contributed by atoms with Crippen LogP contribution in [-0.4, -0.2) is 33.3 Å². The Bertz CT molecular complexity index is 541. The molecule has 7 heteroatoms. The summed E-state index contributed by atoms with van der Waals surface area (Å²) in [5, 5.41) is 6.95. The summed E-state index contributed by atoms with van der Waals surface area (Å²) in [6, 6.07) is 0. The minimum Gasteiger partial charge on any atom is -0.478 e. The molecule has 2 heterocycles. The summed E-state index contributed by atoms with van der Waals surface area (Å²) < 4.78 is 10.4. The van der Waals surface area contributed by atoms with Crippen molar-refractivity contribution in [3.05, 3.63) is 23.6 Å². The third kappa shape index (κ3) is 3.40. The molecule has 0 aromatic carbocycles. The first-order chi connectivity index (χ1) is 9.20. The summed E-state index contributed by atoms with van der Waals surface area (Å²) >= 11 is 0. The van der Waals surface area contributed by atoms with E-state index in [1.807, 2.05) is 13.8 Å². The number of aryl methyl sites for hydroxylation is 1. The zero-order valence-corrected chi connectivity index (χ0v) is 11.3. The molecule has 2 rings (SSSR count). The monoisotopic (exact) mass is 263 g/mol. The minimum absolute atomic E-state index is 0.582. The molecule has 0 aliphatic heterocycles. The Labute approximate surface area is 111 Å². The molecule has 19 heavy (non-hydrogen) atoms. The van der Waals surface area contributed by atoms with Gasteiger partial charge in [0, 0.05) is 13.0 Å². The summed E-state index contributed by atoms with van der Waals surface area (Å²) in [6.07, 6.45) is 2.13. The molecule has 0 amide bonds. The largest absolute Gasteiger partial charge is 0.478 e. The fraction of sp³-hybridized carbons (Fsp3) is 0.500. The molecular weight excluding hydrogens is 246 g/mol. The summed E-state index contributed by atoms with van der Waals surface area (Å²) in [7, 11) is 0. The van der Waals surface area contributed by atoms with Gasteiger partial charge in [0.15, 0.2) is 5.82 Å². The zero-order chi connectivity index (χ0) is 13.7. The van der Waals surface area contributed by atoms with E-state index in [-0.39, 0.29) is 0 Å². The quantitative estimate of drug-likeness (QED) is 0.845. The van der Waals surface area contributed by atoms with Gasteiger partial charge in [-0.05, 0) is 20.8 Å². The normalized spacial score (nSPS) is 10.5. The fourth-order valence-electron chi connectivity index (χ4n) is 1.62. The van der Waals surface area contributed by atoms with Crippen LogP contribution in [0.3, 0.4) is 0 Å². The summed E-state index contributed by atoms with van der Waals surface area (Å²) in [5.74, 6) is 2.62. The van der Waals surface area contributed by atoms with Gasteiger partial charge in [0.2, 0.25) is 11.8 Å². The Kier molecular flexibility index (Phi) is 4.27. The van der Waals surface area contributed by atoms with Crippen molar-refractivity contribution in [1.29, 1.82) is 0 Å². The molecule has 2 aromatic rings. The van der Waals surface area contributed by atoms with Gasteiger partial charge in [0.1, 0.15) is 12.1 Å². The second-order valence-electron chi connectivity index (χ2n) is 4.00. The standard InChI is InChI=1S/C12H17N5O2/c1-4-18-12-8(2)11(14-7-15-12)13-6-5-10-16-9(3)17-19-10/h7H,4-6H2,1-3H3,(H,13,14,15). The minimum atomic E-state index is 0.582. The van der Waals surface area contributed by atoms with Crippen LogP contribution in [-0.2, 0) is 6.42 Å². The molecule has 0 atom stereocenters. The maximum absolute atomic E-state index is 5.41. The van der Waals surface area contributed by atoms with Crippen LogP contribution in [0.4, 0.5) is 5.82 Å². The van der Waals surface area contributed by atoms with Crippen LogP contribution in [0.1, 0.15) is 24.2 Å².